The molecule has 1 aliphatic heterocycles. The summed E-state index contributed by atoms with van der Waals surface area (Å²) in [6.45, 7) is 3.82. The molecule has 0 spiro atoms. The summed E-state index contributed by atoms with van der Waals surface area (Å²) in [5, 5.41) is 13.2. The summed E-state index contributed by atoms with van der Waals surface area (Å²) in [4.78, 5) is 26.4. The van der Waals surface area contributed by atoms with Gasteiger partial charge < -0.3 is 10.4 Å². The van der Waals surface area contributed by atoms with Crippen molar-refractivity contribution in [3.05, 3.63) is 35.4 Å². The van der Waals surface area contributed by atoms with Crippen LogP contribution >= 0.6 is 0 Å². The van der Waals surface area contributed by atoms with Crippen LogP contribution < -0.4 is 5.32 Å². The van der Waals surface area contributed by atoms with Gasteiger partial charge in [-0.3, -0.25) is 9.69 Å². The van der Waals surface area contributed by atoms with Gasteiger partial charge in [0.15, 0.2) is 0 Å². The first kappa shape index (κ1) is 17.0. The maximum absolute atomic E-state index is 12.7. The molecule has 3 unspecified atom stereocenters. The van der Waals surface area contributed by atoms with E-state index in [4.69, 9.17) is 0 Å². The molecule has 2 fully saturated rings. The van der Waals surface area contributed by atoms with Crippen LogP contribution in [-0.4, -0.2) is 34.1 Å². The van der Waals surface area contributed by atoms with Gasteiger partial charge in [-0.15, -0.1) is 0 Å². The first-order valence-electron chi connectivity index (χ1n) is 8.87. The average Bonchev–Trinajstić information content (AvgIpc) is 2.81. The first-order valence-corrected chi connectivity index (χ1v) is 8.87. The highest BCUT2D eigenvalue weighted by Gasteiger charge is 2.48. The third-order valence-electron chi connectivity index (χ3n) is 5.34. The van der Waals surface area contributed by atoms with Crippen LogP contribution in [0.15, 0.2) is 24.3 Å². The number of urea groups is 1. The van der Waals surface area contributed by atoms with Crippen molar-refractivity contribution in [2.24, 2.45) is 5.92 Å². The van der Waals surface area contributed by atoms with Crippen molar-refractivity contribution in [1.82, 2.24) is 10.2 Å². The lowest BCUT2D eigenvalue weighted by molar-refractivity contribution is -0.133. The molecular formula is C19H26N2O3. The second-order valence-corrected chi connectivity index (χ2v) is 7.15. The molecule has 0 radical (unpaired) electrons. The van der Waals surface area contributed by atoms with Crippen LogP contribution in [-0.2, 0) is 4.79 Å². The number of rotatable bonds is 2. The minimum Gasteiger partial charge on any atom is -0.383 e. The number of imide groups is 1. The molecule has 3 amide bonds. The Labute approximate surface area is 143 Å². The van der Waals surface area contributed by atoms with Crippen molar-refractivity contribution in [2.45, 2.75) is 64.1 Å². The maximum atomic E-state index is 12.7. The molecule has 0 aromatic heterocycles. The van der Waals surface area contributed by atoms with Crippen LogP contribution in [0, 0.1) is 12.8 Å². The Bertz CT molecular complexity index is 608. The predicted octanol–water partition coefficient (Wildman–Crippen LogP) is 2.92. The Balaban J connectivity index is 1.83. The van der Waals surface area contributed by atoms with Gasteiger partial charge in [0.2, 0.25) is 0 Å². The zero-order valence-corrected chi connectivity index (χ0v) is 14.4. The number of nitrogens with zero attached hydrogens (tertiary/aromatic N) is 1. The van der Waals surface area contributed by atoms with Crippen LogP contribution in [0.2, 0.25) is 0 Å². The lowest BCUT2D eigenvalue weighted by Gasteiger charge is -2.29. The third kappa shape index (κ3) is 3.18. The van der Waals surface area contributed by atoms with Crippen LogP contribution in [0.1, 0.15) is 56.2 Å². The van der Waals surface area contributed by atoms with E-state index in [1.165, 1.54) is 11.3 Å². The molecule has 130 valence electrons. The largest absolute Gasteiger partial charge is 0.383 e. The summed E-state index contributed by atoms with van der Waals surface area (Å²) in [7, 11) is 0. The van der Waals surface area contributed by atoms with Crippen molar-refractivity contribution in [1.29, 1.82) is 0 Å². The lowest BCUT2D eigenvalue weighted by atomic mass is 9.93. The van der Waals surface area contributed by atoms with Crippen molar-refractivity contribution >= 4 is 11.9 Å². The van der Waals surface area contributed by atoms with Gasteiger partial charge in [-0.2, -0.15) is 0 Å². The fraction of sp³-hybridized carbons (Fsp3) is 0.579. The number of carbonyl (C=O) groups excluding carboxylic acids is 2. The molecule has 0 bridgehead atoms. The van der Waals surface area contributed by atoms with E-state index < -0.39 is 18.1 Å². The van der Waals surface area contributed by atoms with Gasteiger partial charge >= 0.3 is 6.03 Å². The number of nitrogens with one attached hydrogen (secondary N) is 1. The summed E-state index contributed by atoms with van der Waals surface area (Å²) in [6.07, 6.45) is 4.21. The van der Waals surface area contributed by atoms with Gasteiger partial charge in [0, 0.05) is 12.0 Å². The van der Waals surface area contributed by atoms with Crippen molar-refractivity contribution in [3.63, 3.8) is 0 Å². The minimum absolute atomic E-state index is 0.130. The molecule has 1 heterocycles. The summed E-state index contributed by atoms with van der Waals surface area (Å²) >= 11 is 0. The van der Waals surface area contributed by atoms with Gasteiger partial charge in [-0.25, -0.2) is 4.79 Å². The van der Waals surface area contributed by atoms with Gasteiger partial charge in [0.05, 0.1) is 6.04 Å². The highest BCUT2D eigenvalue weighted by Crippen LogP contribution is 2.38. The predicted molar refractivity (Wildman–Crippen MR) is 91.3 cm³/mol. The van der Waals surface area contributed by atoms with Crippen molar-refractivity contribution in [2.75, 3.05) is 0 Å². The molecule has 24 heavy (non-hydrogen) atoms. The van der Waals surface area contributed by atoms with E-state index in [0.29, 0.717) is 0 Å². The normalized spacial score (nSPS) is 28.2. The van der Waals surface area contributed by atoms with Gasteiger partial charge in [0.25, 0.3) is 5.91 Å². The molecule has 1 aromatic carbocycles. The quantitative estimate of drug-likeness (QED) is 0.876. The number of hydrogen-bond donors (Lipinski definition) is 2. The van der Waals surface area contributed by atoms with Gasteiger partial charge in [-0.05, 0) is 25.3 Å². The number of hydrogen-bond acceptors (Lipinski definition) is 3. The number of amides is 3. The summed E-state index contributed by atoms with van der Waals surface area (Å²) < 4.78 is 0. The number of aryl methyl sites for hydroxylation is 1. The Morgan fingerprint density at radius 3 is 2.42 bits per heavy atom. The first-order chi connectivity index (χ1) is 11.5. The van der Waals surface area contributed by atoms with E-state index >= 15 is 0 Å². The van der Waals surface area contributed by atoms with E-state index in [2.05, 4.69) is 5.32 Å². The van der Waals surface area contributed by atoms with Crippen LogP contribution in [0.25, 0.3) is 0 Å². The van der Waals surface area contributed by atoms with E-state index in [1.54, 1.807) is 0 Å². The molecule has 1 saturated heterocycles. The summed E-state index contributed by atoms with van der Waals surface area (Å²) in [6, 6.07) is 7.14. The molecule has 3 rings (SSSR count). The van der Waals surface area contributed by atoms with Crippen molar-refractivity contribution in [3.8, 4) is 0 Å². The number of aliphatic hydroxyl groups excluding tert-OH is 1. The maximum Gasteiger partial charge on any atom is 0.324 e. The molecule has 2 N–H and O–H groups in total. The van der Waals surface area contributed by atoms with Crippen molar-refractivity contribution < 1.29 is 14.7 Å². The molecule has 1 aromatic rings. The van der Waals surface area contributed by atoms with Gasteiger partial charge in [0.1, 0.15) is 6.10 Å². The monoisotopic (exact) mass is 330 g/mol. The number of benzene rings is 1. The molecule has 5 heteroatoms. The van der Waals surface area contributed by atoms with E-state index in [9.17, 15) is 14.7 Å². The molecule has 5 nitrogen and oxygen atoms in total. The van der Waals surface area contributed by atoms with Crippen LogP contribution in [0.5, 0.6) is 0 Å². The lowest BCUT2D eigenvalue weighted by Crippen LogP contribution is -2.47. The second-order valence-electron chi connectivity index (χ2n) is 7.15. The summed E-state index contributed by atoms with van der Waals surface area (Å²) in [5.74, 6) is -0.821. The number of carbonyl (C=O) groups is 2. The van der Waals surface area contributed by atoms with E-state index in [-0.39, 0.29) is 18.0 Å². The standard InChI is InChI=1S/C19H26N2O3/c1-12-8-10-14(11-9-12)16-13(2)17(22)18(23)21(16)19(24)20-15-6-4-3-5-7-15/h8-11,13,15-17,22H,3-7H2,1-2H3,(H,20,24). The average molecular weight is 330 g/mol. The molecule has 1 aliphatic carbocycles. The molecule has 1 saturated carbocycles. The second kappa shape index (κ2) is 6.93. The zero-order chi connectivity index (χ0) is 17.3. The molecular weight excluding hydrogens is 304 g/mol. The highest BCUT2D eigenvalue weighted by atomic mass is 16.3. The Hall–Kier alpha value is -1.88. The van der Waals surface area contributed by atoms with Crippen LogP contribution in [0.4, 0.5) is 4.79 Å². The SMILES string of the molecule is Cc1ccc(C2C(C)C(O)C(=O)N2C(=O)NC2CCCCC2)cc1. The van der Waals surface area contributed by atoms with Gasteiger partial charge in [-0.1, -0.05) is 56.0 Å². The number of aliphatic hydroxyl groups is 1. The molecule has 3 atom stereocenters. The topological polar surface area (TPSA) is 69.6 Å². The Morgan fingerprint density at radius 2 is 1.79 bits per heavy atom. The fourth-order valence-electron chi connectivity index (χ4n) is 3.85. The Morgan fingerprint density at radius 1 is 1.17 bits per heavy atom. The smallest absolute Gasteiger partial charge is 0.324 e. The molecule has 2 aliphatic rings. The third-order valence-corrected chi connectivity index (χ3v) is 5.34. The fourth-order valence-corrected chi connectivity index (χ4v) is 3.85. The van der Waals surface area contributed by atoms with Crippen LogP contribution in [0.3, 0.4) is 0 Å². The highest BCUT2D eigenvalue weighted by molar-refractivity contribution is 5.99. The summed E-state index contributed by atoms with van der Waals surface area (Å²) in [5.41, 5.74) is 2.01. The van der Waals surface area contributed by atoms with E-state index in [0.717, 1.165) is 36.8 Å². The number of likely N-dealkylation sites (tertiary alicyclic amines) is 1. The zero-order valence-electron chi connectivity index (χ0n) is 14.4. The Kier molecular flexibility index (Phi) is 4.90. The van der Waals surface area contributed by atoms with E-state index in [1.807, 2.05) is 38.1 Å². The minimum atomic E-state index is -1.13.